The highest BCUT2D eigenvalue weighted by molar-refractivity contribution is 5.67. The van der Waals surface area contributed by atoms with Crippen molar-refractivity contribution < 1.29 is 9.53 Å². The van der Waals surface area contributed by atoms with Gasteiger partial charge in [0.15, 0.2) is 0 Å². The molecule has 2 radical (unpaired) electrons. The number of ether oxygens (including phenoxy) is 1. The Morgan fingerprint density at radius 2 is 2.08 bits per heavy atom. The number of amides is 1. The first-order valence-corrected chi connectivity index (χ1v) is 3.50. The number of benzene rings is 1. The third-order valence-corrected chi connectivity index (χ3v) is 1.33. The van der Waals surface area contributed by atoms with Crippen molar-refractivity contribution in [3.63, 3.8) is 0 Å². The van der Waals surface area contributed by atoms with Crippen molar-refractivity contribution in [1.29, 1.82) is 0 Å². The molecule has 62 valence electrons. The minimum absolute atomic E-state index is 0.240. The average molecular weight is 163 g/mol. The molecule has 0 bridgehead atoms. The molecular weight excluding hydrogens is 154 g/mol. The number of carbonyl (C=O) groups is 1. The van der Waals surface area contributed by atoms with Crippen molar-refractivity contribution in [2.75, 3.05) is 0 Å². The zero-order chi connectivity index (χ0) is 8.81. The summed E-state index contributed by atoms with van der Waals surface area (Å²) < 4.78 is 4.70. The molecule has 0 fully saturated rings. The van der Waals surface area contributed by atoms with Gasteiger partial charge in [-0.1, -0.05) is 30.3 Å². The van der Waals surface area contributed by atoms with Gasteiger partial charge in [-0.25, -0.2) is 4.79 Å². The molecule has 3 nitrogen and oxygen atoms in total. The Hall–Kier alpha value is -1.51. The number of nitrogens with one attached hydrogen (secondary N) is 1. The van der Waals surface area contributed by atoms with Gasteiger partial charge in [-0.3, -0.25) is 0 Å². The van der Waals surface area contributed by atoms with Gasteiger partial charge in [-0.15, -0.1) is 0 Å². The monoisotopic (exact) mass is 163 g/mol. The van der Waals surface area contributed by atoms with Gasteiger partial charge < -0.3 is 10.1 Å². The van der Waals surface area contributed by atoms with E-state index in [1.807, 2.05) is 35.6 Å². The van der Waals surface area contributed by atoms with E-state index in [-0.39, 0.29) is 6.61 Å². The molecule has 3 heteroatoms. The fourth-order valence-electron chi connectivity index (χ4n) is 0.765. The first kappa shape index (κ1) is 8.59. The van der Waals surface area contributed by atoms with Gasteiger partial charge in [0.25, 0.3) is 0 Å². The third-order valence-electron chi connectivity index (χ3n) is 1.33. The van der Waals surface area contributed by atoms with Crippen LogP contribution in [0.4, 0.5) is 4.79 Å². The second-order valence-corrected chi connectivity index (χ2v) is 2.21. The summed E-state index contributed by atoms with van der Waals surface area (Å²) in [5.41, 5.74) is 0.932. The summed E-state index contributed by atoms with van der Waals surface area (Å²) in [6, 6.07) is 9.37. The molecule has 1 aromatic carbocycles. The smallest absolute Gasteiger partial charge is 0.407 e. The molecule has 0 saturated heterocycles. The summed E-state index contributed by atoms with van der Waals surface area (Å²) in [5.74, 6) is 0. The molecule has 0 aromatic heterocycles. The van der Waals surface area contributed by atoms with Crippen LogP contribution in [0.2, 0.25) is 0 Å². The number of rotatable bonds is 2. The first-order valence-electron chi connectivity index (χ1n) is 3.50. The number of hydrogen-bond donors (Lipinski definition) is 1. The molecule has 0 atom stereocenters. The molecular formula is C9H9NO2. The molecule has 0 aliphatic rings. The van der Waals surface area contributed by atoms with E-state index in [0.717, 1.165) is 5.56 Å². The SMILES string of the molecule is [CH]NC(=O)OCc1ccccc1. The van der Waals surface area contributed by atoms with E-state index >= 15 is 0 Å². The van der Waals surface area contributed by atoms with Crippen LogP contribution in [0.5, 0.6) is 0 Å². The van der Waals surface area contributed by atoms with Crippen molar-refractivity contribution in [3.8, 4) is 0 Å². The van der Waals surface area contributed by atoms with Gasteiger partial charge in [0, 0.05) is 0 Å². The molecule has 0 spiro atoms. The highest BCUT2D eigenvalue weighted by Crippen LogP contribution is 1.99. The fraction of sp³-hybridized carbons (Fsp3) is 0.111. The second-order valence-electron chi connectivity index (χ2n) is 2.21. The van der Waals surface area contributed by atoms with Crippen molar-refractivity contribution in [2.45, 2.75) is 6.61 Å². The van der Waals surface area contributed by atoms with Gasteiger partial charge in [0.2, 0.25) is 0 Å². The van der Waals surface area contributed by atoms with Gasteiger partial charge in [-0.05, 0) is 5.56 Å². The van der Waals surface area contributed by atoms with Crippen LogP contribution >= 0.6 is 0 Å². The van der Waals surface area contributed by atoms with Gasteiger partial charge in [0.05, 0.1) is 7.05 Å². The lowest BCUT2D eigenvalue weighted by atomic mass is 10.2. The van der Waals surface area contributed by atoms with E-state index in [4.69, 9.17) is 11.8 Å². The van der Waals surface area contributed by atoms with Crippen LogP contribution in [0.15, 0.2) is 30.3 Å². The Balaban J connectivity index is 2.38. The van der Waals surface area contributed by atoms with E-state index in [0.29, 0.717) is 0 Å². The Morgan fingerprint density at radius 3 is 2.67 bits per heavy atom. The van der Waals surface area contributed by atoms with Crippen LogP contribution in [0, 0.1) is 7.05 Å². The van der Waals surface area contributed by atoms with Crippen LogP contribution in [0.1, 0.15) is 5.56 Å². The number of carbonyl (C=O) groups excluding carboxylic acids is 1. The first-order chi connectivity index (χ1) is 5.83. The van der Waals surface area contributed by atoms with E-state index in [2.05, 4.69) is 0 Å². The molecule has 0 saturated carbocycles. The maximum absolute atomic E-state index is 10.5. The van der Waals surface area contributed by atoms with Crippen LogP contribution in [0.25, 0.3) is 0 Å². The molecule has 0 aliphatic carbocycles. The van der Waals surface area contributed by atoms with Crippen LogP contribution in [-0.2, 0) is 11.3 Å². The van der Waals surface area contributed by atoms with Crippen LogP contribution < -0.4 is 5.32 Å². The van der Waals surface area contributed by atoms with Crippen molar-refractivity contribution >= 4 is 6.09 Å². The zero-order valence-electron chi connectivity index (χ0n) is 6.49. The lowest BCUT2D eigenvalue weighted by Gasteiger charge is -2.02. The van der Waals surface area contributed by atoms with Gasteiger partial charge in [-0.2, -0.15) is 0 Å². The molecule has 0 unspecified atom stereocenters. The summed E-state index contributed by atoms with van der Waals surface area (Å²) >= 11 is 0. The van der Waals surface area contributed by atoms with Crippen molar-refractivity contribution in [1.82, 2.24) is 5.32 Å². The summed E-state index contributed by atoms with van der Waals surface area (Å²) in [5, 5.41) is 1.87. The molecule has 1 amide bonds. The minimum atomic E-state index is -0.626. The van der Waals surface area contributed by atoms with Crippen LogP contribution in [0.3, 0.4) is 0 Å². The summed E-state index contributed by atoms with van der Waals surface area (Å²) in [6.45, 7) is 0.240. The molecule has 1 rings (SSSR count). The molecule has 1 aromatic rings. The largest absolute Gasteiger partial charge is 0.445 e. The molecule has 0 heterocycles. The third kappa shape index (κ3) is 2.62. The van der Waals surface area contributed by atoms with E-state index in [9.17, 15) is 4.79 Å². The molecule has 1 N–H and O–H groups in total. The van der Waals surface area contributed by atoms with E-state index in [1.165, 1.54) is 0 Å². The number of hydrogen-bond acceptors (Lipinski definition) is 2. The highest BCUT2D eigenvalue weighted by atomic mass is 16.5. The average Bonchev–Trinajstić information content (AvgIpc) is 2.16. The van der Waals surface area contributed by atoms with Crippen molar-refractivity contribution in [2.24, 2.45) is 0 Å². The number of alkyl carbamates (subject to hydrolysis) is 1. The quantitative estimate of drug-likeness (QED) is 0.672. The standard InChI is InChI=1S/C9H9NO2/c1-10-9(11)12-7-8-5-3-2-4-6-8/h1-6H,7H2,(H,10,11). The fourth-order valence-corrected chi connectivity index (χ4v) is 0.765. The van der Waals surface area contributed by atoms with Gasteiger partial charge in [0.1, 0.15) is 6.61 Å². The zero-order valence-corrected chi connectivity index (χ0v) is 6.49. The van der Waals surface area contributed by atoms with E-state index < -0.39 is 6.09 Å². The van der Waals surface area contributed by atoms with E-state index in [1.54, 1.807) is 0 Å². The second kappa shape index (κ2) is 4.38. The highest BCUT2D eigenvalue weighted by Gasteiger charge is 1.97. The summed E-state index contributed by atoms with van der Waals surface area (Å²) in [6.07, 6.45) is -0.626. The maximum Gasteiger partial charge on any atom is 0.407 e. The van der Waals surface area contributed by atoms with Crippen molar-refractivity contribution in [3.05, 3.63) is 42.9 Å². The predicted molar refractivity (Wildman–Crippen MR) is 44.1 cm³/mol. The lowest BCUT2D eigenvalue weighted by Crippen LogP contribution is -2.16. The molecule has 0 aliphatic heterocycles. The Kier molecular flexibility index (Phi) is 3.14. The Morgan fingerprint density at radius 1 is 1.42 bits per heavy atom. The predicted octanol–water partition coefficient (Wildman–Crippen LogP) is 1.58. The molecule has 12 heavy (non-hydrogen) atoms. The van der Waals surface area contributed by atoms with Crippen LogP contribution in [-0.4, -0.2) is 6.09 Å². The van der Waals surface area contributed by atoms with Gasteiger partial charge >= 0.3 is 6.09 Å². The maximum atomic E-state index is 10.5. The summed E-state index contributed by atoms with van der Waals surface area (Å²) in [4.78, 5) is 10.5. The normalized spacial score (nSPS) is 9.08. The minimum Gasteiger partial charge on any atom is -0.445 e. The topological polar surface area (TPSA) is 38.3 Å². The Labute approximate surface area is 71.4 Å². The Bertz CT molecular complexity index is 246. The lowest BCUT2D eigenvalue weighted by molar-refractivity contribution is 0.143. The summed E-state index contributed by atoms with van der Waals surface area (Å²) in [7, 11) is 4.81.